The van der Waals surface area contributed by atoms with E-state index in [0.717, 1.165) is 15.6 Å². The van der Waals surface area contributed by atoms with Gasteiger partial charge in [0.2, 0.25) is 5.91 Å². The number of amides is 2. The normalized spacial score (nSPS) is 12.2. The van der Waals surface area contributed by atoms with Crippen molar-refractivity contribution in [2.75, 3.05) is 6.61 Å². The highest BCUT2D eigenvalue weighted by Crippen LogP contribution is 2.29. The standard InChI is InChI=1S/C31H36BrClN2O3/c1-21(2)24-14-15-28(26(32)18-24)38-20-29(36)35(19-23-12-9-13-25(33)16-23)27(30(37)34-31(3,4)5)17-22-10-7-6-8-11-22/h6-16,18,21,27H,17,19-20H2,1-5H3,(H,34,37). The van der Waals surface area contributed by atoms with Gasteiger partial charge in [-0.05, 0) is 83.6 Å². The average molecular weight is 600 g/mol. The minimum atomic E-state index is -0.751. The third-order valence-electron chi connectivity index (χ3n) is 5.98. The molecule has 3 rings (SSSR count). The van der Waals surface area contributed by atoms with Crippen molar-refractivity contribution in [3.05, 3.63) is 99.0 Å². The van der Waals surface area contributed by atoms with E-state index < -0.39 is 11.6 Å². The molecule has 0 fully saturated rings. The number of halogens is 2. The first-order valence-electron chi connectivity index (χ1n) is 12.7. The Morgan fingerprint density at radius 2 is 1.66 bits per heavy atom. The van der Waals surface area contributed by atoms with Crippen LogP contribution in [0.2, 0.25) is 5.02 Å². The molecule has 0 saturated heterocycles. The van der Waals surface area contributed by atoms with Gasteiger partial charge in [0.25, 0.3) is 5.91 Å². The maximum Gasteiger partial charge on any atom is 0.261 e. The van der Waals surface area contributed by atoms with Crippen LogP contribution in [-0.4, -0.2) is 34.9 Å². The first-order chi connectivity index (χ1) is 17.9. The van der Waals surface area contributed by atoms with E-state index in [2.05, 4.69) is 35.1 Å². The zero-order valence-corrected chi connectivity index (χ0v) is 25.0. The summed E-state index contributed by atoms with van der Waals surface area (Å²) in [7, 11) is 0. The Balaban J connectivity index is 1.93. The van der Waals surface area contributed by atoms with Gasteiger partial charge in [-0.25, -0.2) is 0 Å². The number of nitrogens with one attached hydrogen (secondary N) is 1. The summed E-state index contributed by atoms with van der Waals surface area (Å²) in [5.41, 5.74) is 2.49. The summed E-state index contributed by atoms with van der Waals surface area (Å²) >= 11 is 9.81. The van der Waals surface area contributed by atoms with Gasteiger partial charge < -0.3 is 15.0 Å². The highest BCUT2D eigenvalue weighted by atomic mass is 79.9. The molecule has 0 aromatic heterocycles. The molecule has 3 aromatic carbocycles. The highest BCUT2D eigenvalue weighted by Gasteiger charge is 2.32. The topological polar surface area (TPSA) is 58.6 Å². The van der Waals surface area contributed by atoms with E-state index in [9.17, 15) is 9.59 Å². The Labute approximate surface area is 239 Å². The van der Waals surface area contributed by atoms with Crippen molar-refractivity contribution in [2.24, 2.45) is 0 Å². The van der Waals surface area contributed by atoms with Crippen LogP contribution in [0.1, 0.15) is 57.2 Å². The lowest BCUT2D eigenvalue weighted by atomic mass is 10.0. The fourth-order valence-electron chi connectivity index (χ4n) is 4.05. The fourth-order valence-corrected chi connectivity index (χ4v) is 4.78. The predicted molar refractivity (Wildman–Crippen MR) is 158 cm³/mol. The van der Waals surface area contributed by atoms with Gasteiger partial charge in [0.15, 0.2) is 6.61 Å². The lowest BCUT2D eigenvalue weighted by Crippen LogP contribution is -2.55. The van der Waals surface area contributed by atoms with Gasteiger partial charge in [0.05, 0.1) is 4.47 Å². The van der Waals surface area contributed by atoms with Crippen LogP contribution in [0.15, 0.2) is 77.3 Å². The number of nitrogens with zero attached hydrogens (tertiary/aromatic N) is 1. The third-order valence-corrected chi connectivity index (χ3v) is 6.84. The molecular weight excluding hydrogens is 564 g/mol. The number of carbonyl (C=O) groups is 2. The van der Waals surface area contributed by atoms with E-state index >= 15 is 0 Å². The second-order valence-electron chi connectivity index (χ2n) is 10.7. The van der Waals surface area contributed by atoms with E-state index in [1.807, 2.05) is 87.5 Å². The molecule has 5 nitrogen and oxygen atoms in total. The summed E-state index contributed by atoms with van der Waals surface area (Å²) in [6.07, 6.45) is 0.363. The molecule has 3 aromatic rings. The largest absolute Gasteiger partial charge is 0.483 e. The summed E-state index contributed by atoms with van der Waals surface area (Å²) < 4.78 is 6.74. The molecule has 2 amide bonds. The molecule has 38 heavy (non-hydrogen) atoms. The molecule has 0 heterocycles. The van der Waals surface area contributed by atoms with Crippen LogP contribution in [0.25, 0.3) is 0 Å². The van der Waals surface area contributed by atoms with Crippen molar-refractivity contribution in [1.82, 2.24) is 10.2 Å². The molecule has 0 spiro atoms. The Hall–Kier alpha value is -2.83. The van der Waals surface area contributed by atoms with Crippen LogP contribution in [0, 0.1) is 0 Å². The Bertz CT molecular complexity index is 1240. The van der Waals surface area contributed by atoms with Crippen LogP contribution >= 0.6 is 27.5 Å². The molecule has 1 unspecified atom stereocenters. The van der Waals surface area contributed by atoms with E-state index in [-0.39, 0.29) is 25.0 Å². The molecule has 1 atom stereocenters. The van der Waals surface area contributed by atoms with Crippen LogP contribution in [0.4, 0.5) is 0 Å². The molecular formula is C31H36BrClN2O3. The van der Waals surface area contributed by atoms with E-state index in [4.69, 9.17) is 16.3 Å². The zero-order chi connectivity index (χ0) is 27.9. The number of benzene rings is 3. The average Bonchev–Trinajstić information content (AvgIpc) is 2.84. The second-order valence-corrected chi connectivity index (χ2v) is 12.0. The van der Waals surface area contributed by atoms with Crippen molar-refractivity contribution in [3.63, 3.8) is 0 Å². The van der Waals surface area contributed by atoms with Gasteiger partial charge in [-0.2, -0.15) is 0 Å². The highest BCUT2D eigenvalue weighted by molar-refractivity contribution is 9.10. The van der Waals surface area contributed by atoms with Crippen LogP contribution in [-0.2, 0) is 22.6 Å². The monoisotopic (exact) mass is 598 g/mol. The lowest BCUT2D eigenvalue weighted by Gasteiger charge is -2.33. The molecule has 0 radical (unpaired) electrons. The Morgan fingerprint density at radius 3 is 2.26 bits per heavy atom. The Kier molecular flexibility index (Phi) is 10.4. The Morgan fingerprint density at radius 1 is 0.974 bits per heavy atom. The molecule has 0 bridgehead atoms. The quantitative estimate of drug-likeness (QED) is 0.269. The van der Waals surface area contributed by atoms with Gasteiger partial charge in [-0.3, -0.25) is 9.59 Å². The minimum Gasteiger partial charge on any atom is -0.483 e. The first kappa shape index (κ1) is 29.7. The van der Waals surface area contributed by atoms with Gasteiger partial charge in [-0.1, -0.05) is 74.0 Å². The molecule has 1 N–H and O–H groups in total. The molecule has 0 aliphatic carbocycles. The summed E-state index contributed by atoms with van der Waals surface area (Å²) in [6.45, 7) is 10.0. The summed E-state index contributed by atoms with van der Waals surface area (Å²) in [4.78, 5) is 29.0. The SMILES string of the molecule is CC(C)c1ccc(OCC(=O)N(Cc2cccc(Cl)c2)C(Cc2ccccc2)C(=O)NC(C)(C)C)c(Br)c1. The van der Waals surface area contributed by atoms with E-state index in [0.29, 0.717) is 23.1 Å². The molecule has 202 valence electrons. The molecule has 0 aliphatic rings. The van der Waals surface area contributed by atoms with Gasteiger partial charge >= 0.3 is 0 Å². The van der Waals surface area contributed by atoms with E-state index in [1.165, 1.54) is 5.56 Å². The van der Waals surface area contributed by atoms with Gasteiger partial charge in [0.1, 0.15) is 11.8 Å². The zero-order valence-electron chi connectivity index (χ0n) is 22.6. The maximum absolute atomic E-state index is 13.8. The summed E-state index contributed by atoms with van der Waals surface area (Å²) in [5.74, 6) is 0.424. The number of rotatable bonds is 10. The summed E-state index contributed by atoms with van der Waals surface area (Å²) in [6, 6.07) is 22.2. The van der Waals surface area contributed by atoms with Crippen LogP contribution in [0.5, 0.6) is 5.75 Å². The number of hydrogen-bond acceptors (Lipinski definition) is 3. The first-order valence-corrected chi connectivity index (χ1v) is 13.9. The number of carbonyl (C=O) groups excluding carboxylic acids is 2. The number of ether oxygens (including phenoxy) is 1. The predicted octanol–water partition coefficient (Wildman–Crippen LogP) is 7.16. The van der Waals surface area contributed by atoms with Crippen molar-refractivity contribution in [3.8, 4) is 5.75 Å². The van der Waals surface area contributed by atoms with Gasteiger partial charge in [0, 0.05) is 23.5 Å². The maximum atomic E-state index is 13.8. The van der Waals surface area contributed by atoms with Crippen LogP contribution in [0.3, 0.4) is 0 Å². The third kappa shape index (κ3) is 8.88. The van der Waals surface area contributed by atoms with Crippen molar-refractivity contribution < 1.29 is 14.3 Å². The molecule has 7 heteroatoms. The van der Waals surface area contributed by atoms with Gasteiger partial charge in [-0.15, -0.1) is 0 Å². The van der Waals surface area contributed by atoms with Crippen LogP contribution < -0.4 is 10.1 Å². The number of hydrogen-bond donors (Lipinski definition) is 1. The molecule has 0 aliphatic heterocycles. The minimum absolute atomic E-state index is 0.214. The lowest BCUT2D eigenvalue weighted by molar-refractivity contribution is -0.143. The smallest absolute Gasteiger partial charge is 0.261 e. The van der Waals surface area contributed by atoms with Crippen molar-refractivity contribution >= 4 is 39.3 Å². The van der Waals surface area contributed by atoms with Crippen molar-refractivity contribution in [2.45, 2.75) is 65.1 Å². The van der Waals surface area contributed by atoms with E-state index in [1.54, 1.807) is 11.0 Å². The van der Waals surface area contributed by atoms with Crippen molar-refractivity contribution in [1.29, 1.82) is 0 Å². The second kappa shape index (κ2) is 13.3. The molecule has 0 saturated carbocycles. The fraction of sp³-hybridized carbons (Fsp3) is 0.355. The summed E-state index contributed by atoms with van der Waals surface area (Å²) in [5, 5.41) is 3.63.